The number of nitrogens with one attached hydrogen (secondary N) is 3. The van der Waals surface area contributed by atoms with Crippen molar-refractivity contribution in [3.63, 3.8) is 0 Å². The molecule has 0 aliphatic heterocycles. The van der Waals surface area contributed by atoms with Gasteiger partial charge in [0.15, 0.2) is 5.96 Å². The Bertz CT molecular complexity index is 399. The largest absolute Gasteiger partial charge is 0.357 e. The predicted octanol–water partition coefficient (Wildman–Crippen LogP) is 3.44. The van der Waals surface area contributed by atoms with Crippen LogP contribution in [-0.2, 0) is 6.54 Å². The molecule has 1 fully saturated rings. The van der Waals surface area contributed by atoms with Crippen molar-refractivity contribution in [3.05, 3.63) is 18.0 Å². The van der Waals surface area contributed by atoms with Gasteiger partial charge in [-0.2, -0.15) is 5.10 Å². The third kappa shape index (κ3) is 7.47. The summed E-state index contributed by atoms with van der Waals surface area (Å²) in [7, 11) is 0. The first-order chi connectivity index (χ1) is 10.4. The van der Waals surface area contributed by atoms with Crippen molar-refractivity contribution in [1.82, 2.24) is 20.8 Å². The molecule has 5 nitrogen and oxygen atoms in total. The van der Waals surface area contributed by atoms with Gasteiger partial charge >= 0.3 is 0 Å². The number of guanidine groups is 1. The quantitative estimate of drug-likeness (QED) is 0.262. The molecule has 0 atom stereocenters. The lowest BCUT2D eigenvalue weighted by Crippen LogP contribution is -2.37. The van der Waals surface area contributed by atoms with E-state index in [0.29, 0.717) is 6.54 Å². The van der Waals surface area contributed by atoms with Gasteiger partial charge in [0.2, 0.25) is 0 Å². The smallest absolute Gasteiger partial charge is 0.191 e. The summed E-state index contributed by atoms with van der Waals surface area (Å²) in [5, 5.41) is 13.6. The van der Waals surface area contributed by atoms with Gasteiger partial charge in [0.05, 0.1) is 12.2 Å². The van der Waals surface area contributed by atoms with Gasteiger partial charge in [-0.05, 0) is 25.3 Å². The van der Waals surface area contributed by atoms with Crippen LogP contribution in [0.2, 0.25) is 0 Å². The van der Waals surface area contributed by atoms with Crippen molar-refractivity contribution in [2.75, 3.05) is 13.1 Å². The van der Waals surface area contributed by atoms with Crippen LogP contribution in [0.5, 0.6) is 0 Å². The first-order valence-electron chi connectivity index (χ1n) is 8.39. The molecule has 0 saturated heterocycles. The van der Waals surface area contributed by atoms with Gasteiger partial charge in [0.1, 0.15) is 0 Å². The van der Waals surface area contributed by atoms with Crippen LogP contribution in [0.15, 0.2) is 17.3 Å². The summed E-state index contributed by atoms with van der Waals surface area (Å²) in [6, 6.07) is 1.95. The second kappa shape index (κ2) is 11.7. The number of hydrogen-bond donors (Lipinski definition) is 3. The van der Waals surface area contributed by atoms with Crippen LogP contribution < -0.4 is 10.6 Å². The lowest BCUT2D eigenvalue weighted by molar-refractivity contribution is 0.472. The zero-order valence-electron chi connectivity index (χ0n) is 13.6. The number of hydrogen-bond acceptors (Lipinski definition) is 2. The Hall–Kier alpha value is -0.790. The third-order valence-electron chi connectivity index (χ3n) is 4.12. The van der Waals surface area contributed by atoms with Gasteiger partial charge in [-0.25, -0.2) is 4.99 Å². The summed E-state index contributed by atoms with van der Waals surface area (Å²) in [5.74, 6) is 1.90. The normalized spacial score (nSPS) is 15.6. The van der Waals surface area contributed by atoms with Crippen molar-refractivity contribution in [3.8, 4) is 0 Å². The molecule has 1 heterocycles. The highest BCUT2D eigenvalue weighted by molar-refractivity contribution is 14.0. The van der Waals surface area contributed by atoms with Crippen LogP contribution in [0, 0.1) is 5.92 Å². The molecular weight excluding hydrogens is 389 g/mol. The standard InChI is InChI=1S/C16H29N5.HI/c1-2-17-16(19-13-15-10-12-20-21-15)18-11-6-5-9-14-7-3-4-8-14;/h10,12,14H,2-9,11,13H2,1H3,(H,20,21)(H2,17,18,19);1H. The van der Waals surface area contributed by atoms with Crippen molar-refractivity contribution in [2.45, 2.75) is 58.4 Å². The van der Waals surface area contributed by atoms with Crippen LogP contribution in [0.1, 0.15) is 57.6 Å². The second-order valence-corrected chi connectivity index (χ2v) is 5.85. The fourth-order valence-electron chi connectivity index (χ4n) is 2.94. The summed E-state index contributed by atoms with van der Waals surface area (Å²) in [4.78, 5) is 4.55. The lowest BCUT2D eigenvalue weighted by Gasteiger charge is -2.12. The first kappa shape index (κ1) is 19.3. The minimum atomic E-state index is 0. The van der Waals surface area contributed by atoms with Crippen molar-refractivity contribution in [2.24, 2.45) is 10.9 Å². The van der Waals surface area contributed by atoms with E-state index < -0.39 is 0 Å². The Morgan fingerprint density at radius 3 is 2.82 bits per heavy atom. The average Bonchev–Trinajstić information content (AvgIpc) is 3.17. The van der Waals surface area contributed by atoms with Crippen LogP contribution in [0.3, 0.4) is 0 Å². The summed E-state index contributed by atoms with van der Waals surface area (Å²) < 4.78 is 0. The van der Waals surface area contributed by atoms with E-state index >= 15 is 0 Å². The number of H-pyrrole nitrogens is 1. The maximum absolute atomic E-state index is 4.55. The van der Waals surface area contributed by atoms with Crippen molar-refractivity contribution < 1.29 is 0 Å². The molecule has 6 heteroatoms. The molecule has 1 aliphatic carbocycles. The summed E-state index contributed by atoms with van der Waals surface area (Å²) >= 11 is 0. The van der Waals surface area contributed by atoms with E-state index in [0.717, 1.165) is 30.7 Å². The van der Waals surface area contributed by atoms with E-state index in [1.807, 2.05) is 6.07 Å². The van der Waals surface area contributed by atoms with Gasteiger partial charge in [-0.1, -0.05) is 38.5 Å². The Labute approximate surface area is 151 Å². The summed E-state index contributed by atoms with van der Waals surface area (Å²) in [6.45, 7) is 4.61. The molecule has 22 heavy (non-hydrogen) atoms. The zero-order chi connectivity index (χ0) is 14.8. The van der Waals surface area contributed by atoms with Gasteiger partial charge in [-0.15, -0.1) is 24.0 Å². The molecule has 2 rings (SSSR count). The summed E-state index contributed by atoms with van der Waals surface area (Å²) in [6.07, 6.45) is 11.5. The van der Waals surface area contributed by atoms with Gasteiger partial charge < -0.3 is 10.6 Å². The highest BCUT2D eigenvalue weighted by Gasteiger charge is 2.13. The lowest BCUT2D eigenvalue weighted by atomic mass is 10.0. The fourth-order valence-corrected chi connectivity index (χ4v) is 2.94. The molecule has 1 saturated carbocycles. The molecule has 0 bridgehead atoms. The number of rotatable bonds is 8. The highest BCUT2D eigenvalue weighted by atomic mass is 127. The van der Waals surface area contributed by atoms with E-state index in [-0.39, 0.29) is 24.0 Å². The number of nitrogens with zero attached hydrogens (tertiary/aromatic N) is 2. The number of unbranched alkanes of at least 4 members (excludes halogenated alkanes) is 1. The van der Waals surface area contributed by atoms with Crippen LogP contribution in [-0.4, -0.2) is 29.2 Å². The molecule has 3 N–H and O–H groups in total. The topological polar surface area (TPSA) is 65.1 Å². The molecule has 1 aromatic rings. The Kier molecular flexibility index (Phi) is 10.3. The van der Waals surface area contributed by atoms with E-state index in [2.05, 4.69) is 32.7 Å². The molecular formula is C16H30IN5. The molecule has 0 amide bonds. The van der Waals surface area contributed by atoms with E-state index in [9.17, 15) is 0 Å². The van der Waals surface area contributed by atoms with E-state index in [1.54, 1.807) is 6.20 Å². The minimum Gasteiger partial charge on any atom is -0.357 e. The molecule has 1 aliphatic rings. The zero-order valence-corrected chi connectivity index (χ0v) is 15.9. The minimum absolute atomic E-state index is 0. The average molecular weight is 419 g/mol. The van der Waals surface area contributed by atoms with Crippen LogP contribution in [0.25, 0.3) is 0 Å². The maximum atomic E-state index is 4.55. The van der Waals surface area contributed by atoms with E-state index in [4.69, 9.17) is 0 Å². The maximum Gasteiger partial charge on any atom is 0.191 e. The van der Waals surface area contributed by atoms with Crippen LogP contribution >= 0.6 is 24.0 Å². The van der Waals surface area contributed by atoms with Gasteiger partial charge in [-0.3, -0.25) is 5.10 Å². The molecule has 0 spiro atoms. The highest BCUT2D eigenvalue weighted by Crippen LogP contribution is 2.28. The number of aromatic nitrogens is 2. The number of aromatic amines is 1. The fraction of sp³-hybridized carbons (Fsp3) is 0.750. The summed E-state index contributed by atoms with van der Waals surface area (Å²) in [5.41, 5.74) is 1.04. The third-order valence-corrected chi connectivity index (χ3v) is 4.12. The number of halogens is 1. The monoisotopic (exact) mass is 419 g/mol. The number of aliphatic imine (C=N–C) groups is 1. The molecule has 0 unspecified atom stereocenters. The van der Waals surface area contributed by atoms with Crippen molar-refractivity contribution >= 4 is 29.9 Å². The molecule has 126 valence electrons. The van der Waals surface area contributed by atoms with Crippen molar-refractivity contribution in [1.29, 1.82) is 0 Å². The van der Waals surface area contributed by atoms with Gasteiger partial charge in [0.25, 0.3) is 0 Å². The molecule has 0 radical (unpaired) electrons. The first-order valence-corrected chi connectivity index (χ1v) is 8.39. The van der Waals surface area contributed by atoms with Crippen LogP contribution in [0.4, 0.5) is 0 Å². The van der Waals surface area contributed by atoms with E-state index in [1.165, 1.54) is 44.9 Å². The SMILES string of the molecule is CCNC(=NCc1ccn[nH]1)NCCCCC1CCCC1.I. The molecule has 0 aromatic carbocycles. The molecule has 1 aromatic heterocycles. The Balaban J connectivity index is 0.00000242. The second-order valence-electron chi connectivity index (χ2n) is 5.85. The Morgan fingerprint density at radius 1 is 1.32 bits per heavy atom. The van der Waals surface area contributed by atoms with Gasteiger partial charge in [0, 0.05) is 19.3 Å². The predicted molar refractivity (Wildman–Crippen MR) is 103 cm³/mol. The Morgan fingerprint density at radius 2 is 2.14 bits per heavy atom.